The van der Waals surface area contributed by atoms with Gasteiger partial charge in [-0.1, -0.05) is 6.92 Å². The zero-order chi connectivity index (χ0) is 14.0. The summed E-state index contributed by atoms with van der Waals surface area (Å²) in [5, 5.41) is 6.56. The number of piperidine rings is 1. The molecule has 4 heteroatoms. The van der Waals surface area contributed by atoms with Crippen LogP contribution in [0.15, 0.2) is 6.07 Å². The number of aryl methyl sites for hydroxylation is 2. The maximum Gasteiger partial charge on any atom is 0.227 e. The first-order chi connectivity index (χ1) is 9.73. The number of carbonyl (C=O) groups is 1. The van der Waals surface area contributed by atoms with E-state index < -0.39 is 0 Å². The Bertz CT molecular complexity index is 467. The summed E-state index contributed by atoms with van der Waals surface area (Å²) in [4.78, 5) is 15.4. The SMILES string of the molecule is CCC1(C(=O)NCc2cc3c(s2)CCC3)CCCNC1. The van der Waals surface area contributed by atoms with Gasteiger partial charge in [0.2, 0.25) is 5.91 Å². The van der Waals surface area contributed by atoms with Crippen molar-refractivity contribution in [3.8, 4) is 0 Å². The van der Waals surface area contributed by atoms with Crippen molar-refractivity contribution in [2.75, 3.05) is 13.1 Å². The Hall–Kier alpha value is -0.870. The van der Waals surface area contributed by atoms with E-state index in [1.165, 1.54) is 29.7 Å². The highest BCUT2D eigenvalue weighted by atomic mass is 32.1. The number of fused-ring (bicyclic) bond motifs is 1. The fraction of sp³-hybridized carbons (Fsp3) is 0.688. The van der Waals surface area contributed by atoms with Crippen LogP contribution in [0, 0.1) is 5.41 Å². The number of hydrogen-bond acceptors (Lipinski definition) is 3. The Kier molecular flexibility index (Phi) is 4.13. The molecule has 0 spiro atoms. The molecule has 1 unspecified atom stereocenters. The van der Waals surface area contributed by atoms with Crippen LogP contribution in [-0.2, 0) is 24.2 Å². The van der Waals surface area contributed by atoms with Crippen LogP contribution in [0.4, 0.5) is 0 Å². The van der Waals surface area contributed by atoms with E-state index in [0.717, 1.165) is 32.4 Å². The fourth-order valence-corrected chi connectivity index (χ4v) is 4.66. The highest BCUT2D eigenvalue weighted by molar-refractivity contribution is 7.12. The van der Waals surface area contributed by atoms with Crippen LogP contribution in [0.3, 0.4) is 0 Å². The molecule has 1 aliphatic carbocycles. The number of amides is 1. The Labute approximate surface area is 125 Å². The average molecular weight is 292 g/mol. The minimum absolute atomic E-state index is 0.182. The second kappa shape index (κ2) is 5.86. The molecule has 3 nitrogen and oxygen atoms in total. The maximum atomic E-state index is 12.6. The summed E-state index contributed by atoms with van der Waals surface area (Å²) in [7, 11) is 0. The average Bonchev–Trinajstić information content (AvgIpc) is 3.06. The van der Waals surface area contributed by atoms with E-state index in [1.54, 1.807) is 4.88 Å². The number of hydrogen-bond donors (Lipinski definition) is 2. The molecule has 1 fully saturated rings. The second-order valence-electron chi connectivity index (χ2n) is 6.11. The van der Waals surface area contributed by atoms with Crippen molar-refractivity contribution < 1.29 is 4.79 Å². The van der Waals surface area contributed by atoms with E-state index in [2.05, 4.69) is 23.6 Å². The standard InChI is InChI=1S/C16H24N2OS/c1-2-16(7-4-8-17-11-16)15(19)18-10-13-9-12-5-3-6-14(12)20-13/h9,17H,2-8,10-11H2,1H3,(H,18,19). The van der Waals surface area contributed by atoms with Crippen LogP contribution in [-0.4, -0.2) is 19.0 Å². The Morgan fingerprint density at radius 3 is 3.05 bits per heavy atom. The summed E-state index contributed by atoms with van der Waals surface area (Å²) < 4.78 is 0. The first-order valence-electron chi connectivity index (χ1n) is 7.83. The van der Waals surface area contributed by atoms with Gasteiger partial charge in [-0.25, -0.2) is 0 Å². The summed E-state index contributed by atoms with van der Waals surface area (Å²) >= 11 is 1.89. The highest BCUT2D eigenvalue weighted by Gasteiger charge is 2.37. The molecule has 1 saturated heterocycles. The Balaban J connectivity index is 1.60. The van der Waals surface area contributed by atoms with Gasteiger partial charge in [0.25, 0.3) is 0 Å². The van der Waals surface area contributed by atoms with E-state index in [9.17, 15) is 4.79 Å². The van der Waals surface area contributed by atoms with Crippen LogP contribution in [0.1, 0.15) is 47.9 Å². The third-order valence-corrected chi connectivity index (χ3v) is 6.09. The van der Waals surface area contributed by atoms with E-state index >= 15 is 0 Å². The Morgan fingerprint density at radius 2 is 2.35 bits per heavy atom. The molecule has 20 heavy (non-hydrogen) atoms. The van der Waals surface area contributed by atoms with Gasteiger partial charge in [-0.05, 0) is 56.7 Å². The minimum atomic E-state index is -0.182. The molecule has 1 aromatic rings. The highest BCUT2D eigenvalue weighted by Crippen LogP contribution is 2.32. The van der Waals surface area contributed by atoms with Crippen LogP contribution in [0.2, 0.25) is 0 Å². The van der Waals surface area contributed by atoms with Gasteiger partial charge in [0.15, 0.2) is 0 Å². The largest absolute Gasteiger partial charge is 0.351 e. The predicted octanol–water partition coefficient (Wildman–Crippen LogP) is 2.63. The topological polar surface area (TPSA) is 41.1 Å². The molecule has 1 aromatic heterocycles. The molecule has 2 heterocycles. The lowest BCUT2D eigenvalue weighted by Crippen LogP contribution is -2.49. The number of nitrogens with one attached hydrogen (secondary N) is 2. The molecule has 0 bridgehead atoms. The molecule has 0 aromatic carbocycles. The van der Waals surface area contributed by atoms with Crippen molar-refractivity contribution in [1.82, 2.24) is 10.6 Å². The van der Waals surface area contributed by atoms with Crippen molar-refractivity contribution in [2.45, 2.75) is 52.0 Å². The summed E-state index contributed by atoms with van der Waals surface area (Å²) in [6.07, 6.45) is 6.81. The smallest absolute Gasteiger partial charge is 0.227 e. The molecular weight excluding hydrogens is 268 g/mol. The van der Waals surface area contributed by atoms with Crippen molar-refractivity contribution in [3.63, 3.8) is 0 Å². The monoisotopic (exact) mass is 292 g/mol. The molecule has 110 valence electrons. The van der Waals surface area contributed by atoms with Gasteiger partial charge in [0.1, 0.15) is 0 Å². The molecule has 1 aliphatic heterocycles. The molecule has 3 rings (SSSR count). The van der Waals surface area contributed by atoms with Crippen molar-refractivity contribution in [2.24, 2.45) is 5.41 Å². The Morgan fingerprint density at radius 1 is 1.45 bits per heavy atom. The van der Waals surface area contributed by atoms with Crippen LogP contribution in [0.25, 0.3) is 0 Å². The molecule has 1 atom stereocenters. The van der Waals surface area contributed by atoms with E-state index in [1.807, 2.05) is 11.3 Å². The molecule has 2 N–H and O–H groups in total. The van der Waals surface area contributed by atoms with Gasteiger partial charge in [-0.2, -0.15) is 0 Å². The van der Waals surface area contributed by atoms with Gasteiger partial charge in [0.05, 0.1) is 12.0 Å². The first-order valence-corrected chi connectivity index (χ1v) is 8.65. The molecule has 2 aliphatic rings. The molecule has 1 amide bonds. The van der Waals surface area contributed by atoms with Crippen molar-refractivity contribution >= 4 is 17.2 Å². The number of rotatable bonds is 4. The van der Waals surface area contributed by atoms with E-state index in [4.69, 9.17) is 0 Å². The van der Waals surface area contributed by atoms with Gasteiger partial charge >= 0.3 is 0 Å². The number of thiophene rings is 1. The van der Waals surface area contributed by atoms with Gasteiger partial charge in [-0.3, -0.25) is 4.79 Å². The molecule has 0 saturated carbocycles. The molecule has 0 radical (unpaired) electrons. The molecular formula is C16H24N2OS. The minimum Gasteiger partial charge on any atom is -0.351 e. The lowest BCUT2D eigenvalue weighted by molar-refractivity contribution is -0.132. The first kappa shape index (κ1) is 14.1. The van der Waals surface area contributed by atoms with Crippen molar-refractivity contribution in [1.29, 1.82) is 0 Å². The lowest BCUT2D eigenvalue weighted by Gasteiger charge is -2.35. The quantitative estimate of drug-likeness (QED) is 0.896. The summed E-state index contributed by atoms with van der Waals surface area (Å²) in [5.41, 5.74) is 1.34. The third-order valence-electron chi connectivity index (χ3n) is 4.85. The summed E-state index contributed by atoms with van der Waals surface area (Å²) in [5.74, 6) is 0.237. The zero-order valence-electron chi connectivity index (χ0n) is 12.3. The predicted molar refractivity (Wildman–Crippen MR) is 83.0 cm³/mol. The van der Waals surface area contributed by atoms with E-state index in [-0.39, 0.29) is 11.3 Å². The van der Waals surface area contributed by atoms with Crippen LogP contribution in [0.5, 0.6) is 0 Å². The normalized spacial score (nSPS) is 25.4. The van der Waals surface area contributed by atoms with Gasteiger partial charge in [0, 0.05) is 16.3 Å². The second-order valence-corrected chi connectivity index (χ2v) is 7.33. The summed E-state index contributed by atoms with van der Waals surface area (Å²) in [6, 6.07) is 2.30. The lowest BCUT2D eigenvalue weighted by atomic mass is 9.77. The van der Waals surface area contributed by atoms with Gasteiger partial charge in [-0.15, -0.1) is 11.3 Å². The fourth-order valence-electron chi connectivity index (χ4n) is 3.46. The summed E-state index contributed by atoms with van der Waals surface area (Å²) in [6.45, 7) is 4.72. The zero-order valence-corrected chi connectivity index (χ0v) is 13.1. The maximum absolute atomic E-state index is 12.6. The van der Waals surface area contributed by atoms with Crippen LogP contribution < -0.4 is 10.6 Å². The van der Waals surface area contributed by atoms with Gasteiger partial charge < -0.3 is 10.6 Å². The number of carbonyl (C=O) groups excluding carboxylic acids is 1. The van der Waals surface area contributed by atoms with Crippen molar-refractivity contribution in [3.05, 3.63) is 21.4 Å². The third kappa shape index (κ3) is 2.63. The van der Waals surface area contributed by atoms with E-state index in [0.29, 0.717) is 6.54 Å². The van der Waals surface area contributed by atoms with Crippen LogP contribution >= 0.6 is 11.3 Å².